The Balaban J connectivity index is 2.06. The summed E-state index contributed by atoms with van der Waals surface area (Å²) in [6.07, 6.45) is 2.37. The molecule has 0 saturated heterocycles. The van der Waals surface area contributed by atoms with Gasteiger partial charge in [-0.2, -0.15) is 0 Å². The van der Waals surface area contributed by atoms with Crippen LogP contribution in [-0.2, 0) is 4.79 Å². The van der Waals surface area contributed by atoms with E-state index in [1.165, 1.54) is 12.8 Å². The maximum Gasteiger partial charge on any atom is 0.235 e. The molecule has 0 aromatic carbocycles. The van der Waals surface area contributed by atoms with Crippen LogP contribution >= 0.6 is 0 Å². The van der Waals surface area contributed by atoms with Gasteiger partial charge in [0.1, 0.15) is 0 Å². The number of carbonyl (C=O) groups is 1. The van der Waals surface area contributed by atoms with Crippen molar-refractivity contribution in [1.29, 1.82) is 0 Å². The second-order valence-corrected chi connectivity index (χ2v) is 3.69. The minimum absolute atomic E-state index is 0.435. The van der Waals surface area contributed by atoms with E-state index in [9.17, 15) is 4.79 Å². The molecule has 1 rings (SSSR count). The Kier molecular flexibility index (Phi) is 3.05. The third kappa shape index (κ3) is 2.46. The lowest BCUT2D eigenvalue weighted by molar-refractivity contribution is -0.119. The smallest absolute Gasteiger partial charge is 0.235 e. The van der Waals surface area contributed by atoms with Gasteiger partial charge in [0.25, 0.3) is 0 Å². The minimum Gasteiger partial charge on any atom is -0.368 e. The molecule has 0 spiro atoms. The van der Waals surface area contributed by atoms with Crippen molar-refractivity contribution < 1.29 is 4.79 Å². The summed E-state index contributed by atoms with van der Waals surface area (Å²) < 4.78 is 0. The molecule has 1 aliphatic carbocycles. The van der Waals surface area contributed by atoms with Crippen LogP contribution < -0.4 is 16.8 Å². The first-order valence-electron chi connectivity index (χ1n) is 4.38. The lowest BCUT2D eigenvalue weighted by Gasteiger charge is -2.33. The molecule has 12 heavy (non-hydrogen) atoms. The molecule has 1 unspecified atom stereocenters. The molecule has 1 saturated carbocycles. The van der Waals surface area contributed by atoms with Gasteiger partial charge in [0.2, 0.25) is 5.91 Å². The molecule has 0 aromatic rings. The molecule has 1 aliphatic rings. The third-order valence-electron chi connectivity index (χ3n) is 2.37. The maximum absolute atomic E-state index is 10.5. The Morgan fingerprint density at radius 1 is 1.67 bits per heavy atom. The largest absolute Gasteiger partial charge is 0.368 e. The van der Waals surface area contributed by atoms with Crippen molar-refractivity contribution in [3.8, 4) is 0 Å². The maximum atomic E-state index is 10.5. The number of nitrogens with two attached hydrogens (primary N) is 2. The van der Waals surface area contributed by atoms with Crippen LogP contribution in [0.25, 0.3) is 0 Å². The first-order valence-corrected chi connectivity index (χ1v) is 4.38. The molecule has 4 nitrogen and oxygen atoms in total. The zero-order valence-corrected chi connectivity index (χ0v) is 7.42. The molecular formula is C8H17N3O. The van der Waals surface area contributed by atoms with Gasteiger partial charge in [-0.1, -0.05) is 6.92 Å². The summed E-state index contributed by atoms with van der Waals surface area (Å²) in [5.74, 6) is 0.377. The lowest BCUT2D eigenvalue weighted by atomic mass is 9.82. The van der Waals surface area contributed by atoms with Crippen molar-refractivity contribution in [3.63, 3.8) is 0 Å². The standard InChI is InChI=1S/C8H17N3O/c1-5-2-6(3-5)11-4-7(9)8(10)12/h5-7,11H,2-4,9H2,1H3,(H2,10,12). The normalized spacial score (nSPS) is 30.8. The highest BCUT2D eigenvalue weighted by Gasteiger charge is 2.25. The number of rotatable bonds is 4. The molecule has 1 atom stereocenters. The molecule has 1 amide bonds. The van der Waals surface area contributed by atoms with E-state index in [1.807, 2.05) is 0 Å². The highest BCUT2D eigenvalue weighted by atomic mass is 16.1. The molecule has 0 aliphatic heterocycles. The van der Waals surface area contributed by atoms with Crippen LogP contribution in [0.3, 0.4) is 0 Å². The number of amides is 1. The Morgan fingerprint density at radius 2 is 2.25 bits per heavy atom. The molecule has 0 heterocycles. The molecular weight excluding hydrogens is 154 g/mol. The molecule has 4 heteroatoms. The van der Waals surface area contributed by atoms with Crippen molar-refractivity contribution in [1.82, 2.24) is 5.32 Å². The van der Waals surface area contributed by atoms with Gasteiger partial charge < -0.3 is 16.8 Å². The average molecular weight is 171 g/mol. The summed E-state index contributed by atoms with van der Waals surface area (Å²) in [6.45, 7) is 2.72. The minimum atomic E-state index is -0.541. The Morgan fingerprint density at radius 3 is 2.67 bits per heavy atom. The monoisotopic (exact) mass is 171 g/mol. The van der Waals surface area contributed by atoms with Crippen LogP contribution in [0.4, 0.5) is 0 Å². The number of hydrogen-bond acceptors (Lipinski definition) is 3. The third-order valence-corrected chi connectivity index (χ3v) is 2.37. The van der Waals surface area contributed by atoms with Gasteiger partial charge in [-0.25, -0.2) is 0 Å². The lowest BCUT2D eigenvalue weighted by Crippen LogP contribution is -2.49. The van der Waals surface area contributed by atoms with Gasteiger partial charge in [0, 0.05) is 12.6 Å². The van der Waals surface area contributed by atoms with E-state index in [0.717, 1.165) is 5.92 Å². The van der Waals surface area contributed by atoms with Gasteiger partial charge in [0.15, 0.2) is 0 Å². The Labute approximate surface area is 72.7 Å². The highest BCUT2D eigenvalue weighted by Crippen LogP contribution is 2.25. The first kappa shape index (κ1) is 9.48. The topological polar surface area (TPSA) is 81.1 Å². The number of nitrogens with one attached hydrogen (secondary N) is 1. The second kappa shape index (κ2) is 3.87. The fourth-order valence-corrected chi connectivity index (χ4v) is 1.46. The zero-order chi connectivity index (χ0) is 9.14. The first-order chi connectivity index (χ1) is 5.59. The predicted molar refractivity (Wildman–Crippen MR) is 47.4 cm³/mol. The molecule has 0 radical (unpaired) electrons. The van der Waals surface area contributed by atoms with Crippen molar-refractivity contribution in [3.05, 3.63) is 0 Å². The van der Waals surface area contributed by atoms with Gasteiger partial charge in [-0.15, -0.1) is 0 Å². The van der Waals surface area contributed by atoms with Crippen molar-refractivity contribution >= 4 is 5.91 Å². The van der Waals surface area contributed by atoms with Crippen LogP contribution in [0.5, 0.6) is 0 Å². The van der Waals surface area contributed by atoms with E-state index in [2.05, 4.69) is 12.2 Å². The van der Waals surface area contributed by atoms with Crippen LogP contribution in [-0.4, -0.2) is 24.5 Å². The van der Waals surface area contributed by atoms with Gasteiger partial charge in [-0.3, -0.25) is 4.79 Å². The van der Waals surface area contributed by atoms with E-state index in [1.54, 1.807) is 0 Å². The predicted octanol–water partition coefficient (Wildman–Crippen LogP) is -0.813. The van der Waals surface area contributed by atoms with Crippen molar-refractivity contribution in [2.75, 3.05) is 6.54 Å². The van der Waals surface area contributed by atoms with Crippen molar-refractivity contribution in [2.24, 2.45) is 17.4 Å². The van der Waals surface area contributed by atoms with E-state index in [-0.39, 0.29) is 0 Å². The summed E-state index contributed by atoms with van der Waals surface area (Å²) in [5.41, 5.74) is 10.4. The summed E-state index contributed by atoms with van der Waals surface area (Å²) in [6, 6.07) is 0.00584. The fourth-order valence-electron chi connectivity index (χ4n) is 1.46. The SMILES string of the molecule is CC1CC(NCC(N)C(N)=O)C1. The highest BCUT2D eigenvalue weighted by molar-refractivity contribution is 5.79. The fraction of sp³-hybridized carbons (Fsp3) is 0.875. The van der Waals surface area contributed by atoms with Gasteiger partial charge in [-0.05, 0) is 18.8 Å². The summed E-state index contributed by atoms with van der Waals surface area (Å²) in [7, 11) is 0. The van der Waals surface area contributed by atoms with E-state index in [0.29, 0.717) is 12.6 Å². The second-order valence-electron chi connectivity index (χ2n) is 3.69. The van der Waals surface area contributed by atoms with Crippen LogP contribution in [0.15, 0.2) is 0 Å². The molecule has 5 N–H and O–H groups in total. The molecule has 0 aromatic heterocycles. The van der Waals surface area contributed by atoms with Crippen molar-refractivity contribution in [2.45, 2.75) is 31.8 Å². The van der Waals surface area contributed by atoms with E-state index in [4.69, 9.17) is 11.5 Å². The number of hydrogen-bond donors (Lipinski definition) is 3. The Hall–Kier alpha value is -0.610. The Bertz CT molecular complexity index is 166. The average Bonchev–Trinajstić information content (AvgIpc) is 1.95. The molecule has 1 fully saturated rings. The van der Waals surface area contributed by atoms with Crippen LogP contribution in [0.1, 0.15) is 19.8 Å². The summed E-state index contributed by atoms with van der Waals surface area (Å²) >= 11 is 0. The molecule has 0 bridgehead atoms. The quantitative estimate of drug-likeness (QED) is 0.517. The zero-order valence-electron chi connectivity index (χ0n) is 7.42. The summed E-state index contributed by atoms with van der Waals surface area (Å²) in [5, 5.41) is 3.20. The van der Waals surface area contributed by atoms with Gasteiger partial charge in [0.05, 0.1) is 6.04 Å². The van der Waals surface area contributed by atoms with E-state index < -0.39 is 11.9 Å². The summed E-state index contributed by atoms with van der Waals surface area (Å²) in [4.78, 5) is 10.5. The number of carbonyl (C=O) groups excluding carboxylic acids is 1. The van der Waals surface area contributed by atoms with Crippen LogP contribution in [0.2, 0.25) is 0 Å². The molecule has 70 valence electrons. The van der Waals surface area contributed by atoms with Crippen LogP contribution in [0, 0.1) is 5.92 Å². The van der Waals surface area contributed by atoms with Gasteiger partial charge >= 0.3 is 0 Å². The van der Waals surface area contributed by atoms with E-state index >= 15 is 0 Å². The number of primary amides is 1.